The molecule has 120 valence electrons. The molecule has 0 radical (unpaired) electrons. The predicted molar refractivity (Wildman–Crippen MR) is 92.6 cm³/mol. The van der Waals surface area contributed by atoms with Crippen LogP contribution in [0.15, 0.2) is 47.0 Å². The molecule has 1 aliphatic rings. The van der Waals surface area contributed by atoms with Crippen LogP contribution in [0, 0.1) is 0 Å². The Bertz CT molecular complexity index is 803. The minimum atomic E-state index is -0.388. The number of hydrogen-bond donors (Lipinski definition) is 1. The molecule has 4 nitrogen and oxygen atoms in total. The molecule has 1 heterocycles. The number of fused-ring (bicyclic) bond motifs is 1. The van der Waals surface area contributed by atoms with E-state index in [4.69, 9.17) is 10.3 Å². The summed E-state index contributed by atoms with van der Waals surface area (Å²) in [5, 5.41) is 6.59. The highest BCUT2D eigenvalue weighted by atomic mass is 35.5. The van der Waals surface area contributed by atoms with Crippen LogP contribution in [-0.2, 0) is 12.0 Å². The highest BCUT2D eigenvalue weighted by molar-refractivity contribution is 5.86. The highest BCUT2D eigenvalue weighted by Gasteiger charge is 2.35. The number of rotatable bonds is 3. The van der Waals surface area contributed by atoms with Crippen molar-refractivity contribution in [2.24, 2.45) is 5.73 Å². The Labute approximate surface area is 141 Å². The Morgan fingerprint density at radius 2 is 1.78 bits per heavy atom. The molecule has 0 atom stereocenters. The molecule has 3 aromatic rings. The maximum absolute atomic E-state index is 6.39. The molecule has 0 amide bonds. The van der Waals surface area contributed by atoms with Crippen LogP contribution >= 0.6 is 12.4 Å². The molecule has 1 fully saturated rings. The number of benzene rings is 2. The van der Waals surface area contributed by atoms with Gasteiger partial charge in [0.05, 0.1) is 12.0 Å². The van der Waals surface area contributed by atoms with E-state index in [0.717, 1.165) is 25.7 Å². The summed E-state index contributed by atoms with van der Waals surface area (Å²) in [7, 11) is 0. The number of nitrogens with zero attached hydrogens (tertiary/aromatic N) is 2. The third kappa shape index (κ3) is 2.96. The fraction of sp³-hybridized carbons (Fsp3) is 0.333. The van der Waals surface area contributed by atoms with Crippen molar-refractivity contribution < 1.29 is 4.52 Å². The van der Waals surface area contributed by atoms with Crippen LogP contribution in [0.1, 0.15) is 43.0 Å². The van der Waals surface area contributed by atoms with E-state index in [1.807, 2.05) is 0 Å². The molecule has 4 rings (SSSR count). The first kappa shape index (κ1) is 16.0. The van der Waals surface area contributed by atoms with Gasteiger partial charge in [-0.1, -0.05) is 60.5 Å². The largest absolute Gasteiger partial charge is 0.339 e. The summed E-state index contributed by atoms with van der Waals surface area (Å²) < 4.78 is 5.45. The van der Waals surface area contributed by atoms with E-state index in [0.29, 0.717) is 18.1 Å². The summed E-state index contributed by atoms with van der Waals surface area (Å²) in [6, 6.07) is 14.6. The Morgan fingerprint density at radius 3 is 2.61 bits per heavy atom. The molecular weight excluding hydrogens is 310 g/mol. The zero-order valence-electron chi connectivity index (χ0n) is 12.9. The van der Waals surface area contributed by atoms with Crippen molar-refractivity contribution in [2.75, 3.05) is 0 Å². The summed E-state index contributed by atoms with van der Waals surface area (Å²) in [5.41, 5.74) is 7.20. The zero-order valence-corrected chi connectivity index (χ0v) is 13.7. The van der Waals surface area contributed by atoms with Gasteiger partial charge in [0.25, 0.3) is 0 Å². The standard InChI is InChI=1S/C18H19N3O.ClH/c19-18(10-3-4-11-18)17-20-16(22-21-17)12-14-8-5-7-13-6-1-2-9-15(13)14;/h1-2,5-9H,3-4,10-12,19H2;1H. The number of nitrogens with two attached hydrogens (primary N) is 1. The average Bonchev–Trinajstić information content (AvgIpc) is 3.18. The molecule has 0 spiro atoms. The second-order valence-electron chi connectivity index (χ2n) is 6.19. The topological polar surface area (TPSA) is 64.9 Å². The van der Waals surface area contributed by atoms with Crippen LogP contribution in [0.2, 0.25) is 0 Å². The smallest absolute Gasteiger partial charge is 0.231 e. The first-order valence-corrected chi connectivity index (χ1v) is 7.83. The van der Waals surface area contributed by atoms with Gasteiger partial charge in [-0.15, -0.1) is 12.4 Å². The van der Waals surface area contributed by atoms with E-state index in [2.05, 4.69) is 52.6 Å². The summed E-state index contributed by atoms with van der Waals surface area (Å²) in [4.78, 5) is 4.56. The van der Waals surface area contributed by atoms with Gasteiger partial charge in [-0.3, -0.25) is 0 Å². The molecule has 0 unspecified atom stereocenters. The van der Waals surface area contributed by atoms with Gasteiger partial charge in [-0.2, -0.15) is 4.98 Å². The van der Waals surface area contributed by atoms with E-state index >= 15 is 0 Å². The molecule has 2 aromatic carbocycles. The van der Waals surface area contributed by atoms with E-state index in [1.54, 1.807) is 0 Å². The van der Waals surface area contributed by atoms with Crippen LogP contribution in [0.4, 0.5) is 0 Å². The minimum Gasteiger partial charge on any atom is -0.339 e. The summed E-state index contributed by atoms with van der Waals surface area (Å²) in [6.45, 7) is 0. The predicted octanol–water partition coefficient (Wildman–Crippen LogP) is 3.96. The van der Waals surface area contributed by atoms with Gasteiger partial charge >= 0.3 is 0 Å². The van der Waals surface area contributed by atoms with Crippen molar-refractivity contribution in [2.45, 2.75) is 37.6 Å². The van der Waals surface area contributed by atoms with Crippen LogP contribution in [-0.4, -0.2) is 10.1 Å². The van der Waals surface area contributed by atoms with Crippen LogP contribution in [0.25, 0.3) is 10.8 Å². The van der Waals surface area contributed by atoms with E-state index in [-0.39, 0.29) is 17.9 Å². The first-order chi connectivity index (χ1) is 10.7. The van der Waals surface area contributed by atoms with Crippen molar-refractivity contribution in [3.63, 3.8) is 0 Å². The van der Waals surface area contributed by atoms with Crippen molar-refractivity contribution in [3.05, 3.63) is 59.7 Å². The Hall–Kier alpha value is -1.91. The number of hydrogen-bond acceptors (Lipinski definition) is 4. The SMILES string of the molecule is Cl.NC1(c2noc(Cc3cccc4ccccc34)n2)CCCC1. The lowest BCUT2D eigenvalue weighted by Gasteiger charge is -2.17. The zero-order chi connectivity index (χ0) is 15.0. The monoisotopic (exact) mass is 329 g/mol. The van der Waals surface area contributed by atoms with Gasteiger partial charge in [0.2, 0.25) is 5.89 Å². The van der Waals surface area contributed by atoms with Crippen molar-refractivity contribution in [3.8, 4) is 0 Å². The summed E-state index contributed by atoms with van der Waals surface area (Å²) in [5.74, 6) is 1.31. The molecule has 2 N–H and O–H groups in total. The highest BCUT2D eigenvalue weighted by Crippen LogP contribution is 2.34. The maximum atomic E-state index is 6.39. The molecular formula is C18H20ClN3O. The normalized spacial score (nSPS) is 16.4. The lowest BCUT2D eigenvalue weighted by Crippen LogP contribution is -2.34. The van der Waals surface area contributed by atoms with Gasteiger partial charge in [0, 0.05) is 0 Å². The molecule has 0 bridgehead atoms. The van der Waals surface area contributed by atoms with E-state index in [1.165, 1.54) is 16.3 Å². The average molecular weight is 330 g/mol. The summed E-state index contributed by atoms with van der Waals surface area (Å²) in [6.07, 6.45) is 4.82. The van der Waals surface area contributed by atoms with Gasteiger partial charge in [-0.25, -0.2) is 0 Å². The number of aromatic nitrogens is 2. The molecule has 1 aliphatic carbocycles. The van der Waals surface area contributed by atoms with Crippen LogP contribution in [0.5, 0.6) is 0 Å². The van der Waals surface area contributed by atoms with Gasteiger partial charge in [0.15, 0.2) is 5.82 Å². The maximum Gasteiger partial charge on any atom is 0.231 e. The van der Waals surface area contributed by atoms with Gasteiger partial charge < -0.3 is 10.3 Å². The van der Waals surface area contributed by atoms with Gasteiger partial charge in [-0.05, 0) is 29.2 Å². The van der Waals surface area contributed by atoms with Crippen LogP contribution < -0.4 is 5.73 Å². The molecule has 23 heavy (non-hydrogen) atoms. The molecule has 0 aliphatic heterocycles. The second-order valence-corrected chi connectivity index (χ2v) is 6.19. The quantitative estimate of drug-likeness (QED) is 0.789. The second kappa shape index (κ2) is 6.30. The Morgan fingerprint density at radius 1 is 1.04 bits per heavy atom. The van der Waals surface area contributed by atoms with Crippen molar-refractivity contribution >= 4 is 23.2 Å². The van der Waals surface area contributed by atoms with Gasteiger partial charge in [0.1, 0.15) is 0 Å². The molecule has 5 heteroatoms. The van der Waals surface area contributed by atoms with Crippen molar-refractivity contribution in [1.82, 2.24) is 10.1 Å². The Balaban J connectivity index is 0.00000156. The fourth-order valence-electron chi connectivity index (χ4n) is 3.37. The fourth-order valence-corrected chi connectivity index (χ4v) is 3.37. The minimum absolute atomic E-state index is 0. The number of halogens is 1. The lowest BCUT2D eigenvalue weighted by molar-refractivity contribution is 0.352. The Kier molecular flexibility index (Phi) is 4.37. The first-order valence-electron chi connectivity index (χ1n) is 7.83. The molecule has 1 aromatic heterocycles. The summed E-state index contributed by atoms with van der Waals surface area (Å²) >= 11 is 0. The lowest BCUT2D eigenvalue weighted by atomic mass is 9.98. The van der Waals surface area contributed by atoms with E-state index in [9.17, 15) is 0 Å². The molecule has 0 saturated heterocycles. The van der Waals surface area contributed by atoms with Crippen LogP contribution in [0.3, 0.4) is 0 Å². The van der Waals surface area contributed by atoms with Crippen molar-refractivity contribution in [1.29, 1.82) is 0 Å². The molecule has 1 saturated carbocycles. The third-order valence-corrected chi connectivity index (χ3v) is 4.63. The third-order valence-electron chi connectivity index (χ3n) is 4.63. The van der Waals surface area contributed by atoms with E-state index < -0.39 is 0 Å².